The fraction of sp³-hybridized carbons (Fsp3) is 0.368. The third kappa shape index (κ3) is 2.99. The predicted molar refractivity (Wildman–Crippen MR) is 95.5 cm³/mol. The van der Waals surface area contributed by atoms with Crippen molar-refractivity contribution in [2.24, 2.45) is 0 Å². The van der Waals surface area contributed by atoms with E-state index in [1.54, 1.807) is 12.4 Å². The van der Waals surface area contributed by atoms with Crippen LogP contribution in [0.15, 0.2) is 30.6 Å². The zero-order valence-corrected chi connectivity index (χ0v) is 14.5. The standard InChI is InChI=1S/C19H21N5O/c1-12-5-3-7-15-17(12)23-18(22-15)14-6-4-8-24(11-14)19(25)16-10-20-13(2)9-21-16/h3,5,7,9-10,14H,4,6,8,11H2,1-2H3,(H,22,23). The Morgan fingerprint density at radius 1 is 1.24 bits per heavy atom. The maximum atomic E-state index is 12.7. The van der Waals surface area contributed by atoms with Crippen LogP contribution >= 0.6 is 0 Å². The molecule has 0 saturated carbocycles. The molecular formula is C19H21N5O. The van der Waals surface area contributed by atoms with Gasteiger partial charge in [0.2, 0.25) is 0 Å². The van der Waals surface area contributed by atoms with E-state index >= 15 is 0 Å². The van der Waals surface area contributed by atoms with Gasteiger partial charge in [0.05, 0.1) is 22.9 Å². The number of piperidine rings is 1. The van der Waals surface area contributed by atoms with E-state index in [0.29, 0.717) is 12.2 Å². The highest BCUT2D eigenvalue weighted by molar-refractivity contribution is 5.92. The summed E-state index contributed by atoms with van der Waals surface area (Å²) in [6.45, 7) is 5.35. The first-order chi connectivity index (χ1) is 12.1. The van der Waals surface area contributed by atoms with Gasteiger partial charge in [0.25, 0.3) is 5.91 Å². The minimum absolute atomic E-state index is 0.0514. The number of benzene rings is 1. The molecule has 1 fully saturated rings. The van der Waals surface area contributed by atoms with Gasteiger partial charge in [0.15, 0.2) is 0 Å². The van der Waals surface area contributed by atoms with Crippen LogP contribution in [-0.4, -0.2) is 43.8 Å². The van der Waals surface area contributed by atoms with Crippen LogP contribution in [0, 0.1) is 13.8 Å². The number of hydrogen-bond donors (Lipinski definition) is 1. The van der Waals surface area contributed by atoms with E-state index < -0.39 is 0 Å². The minimum Gasteiger partial charge on any atom is -0.342 e. The van der Waals surface area contributed by atoms with Crippen LogP contribution in [0.3, 0.4) is 0 Å². The van der Waals surface area contributed by atoms with Gasteiger partial charge < -0.3 is 9.88 Å². The molecule has 1 aliphatic rings. The van der Waals surface area contributed by atoms with Gasteiger partial charge in [-0.25, -0.2) is 9.97 Å². The Morgan fingerprint density at radius 2 is 2.12 bits per heavy atom. The van der Waals surface area contributed by atoms with Gasteiger partial charge >= 0.3 is 0 Å². The van der Waals surface area contributed by atoms with Crippen LogP contribution in [0.25, 0.3) is 11.0 Å². The molecule has 128 valence electrons. The van der Waals surface area contributed by atoms with Crippen molar-refractivity contribution < 1.29 is 4.79 Å². The van der Waals surface area contributed by atoms with Gasteiger partial charge in [0, 0.05) is 25.2 Å². The number of nitrogens with zero attached hydrogens (tertiary/aromatic N) is 4. The molecule has 1 aliphatic heterocycles. The maximum Gasteiger partial charge on any atom is 0.274 e. The Balaban J connectivity index is 1.56. The number of para-hydroxylation sites is 1. The number of carbonyl (C=O) groups excluding carboxylic acids is 1. The zero-order valence-electron chi connectivity index (χ0n) is 14.5. The Kier molecular flexibility index (Phi) is 3.95. The van der Waals surface area contributed by atoms with E-state index in [1.807, 2.05) is 24.0 Å². The molecule has 1 aromatic carbocycles. The Bertz CT molecular complexity index is 915. The lowest BCUT2D eigenvalue weighted by molar-refractivity contribution is 0.0698. The summed E-state index contributed by atoms with van der Waals surface area (Å²) in [5, 5.41) is 0. The fourth-order valence-corrected chi connectivity index (χ4v) is 3.44. The molecule has 2 aromatic heterocycles. The number of imidazole rings is 1. The molecular weight excluding hydrogens is 314 g/mol. The Morgan fingerprint density at radius 3 is 2.88 bits per heavy atom. The smallest absolute Gasteiger partial charge is 0.274 e. The van der Waals surface area contributed by atoms with Gasteiger partial charge in [-0.2, -0.15) is 0 Å². The molecule has 25 heavy (non-hydrogen) atoms. The summed E-state index contributed by atoms with van der Waals surface area (Å²) >= 11 is 0. The highest BCUT2D eigenvalue weighted by Gasteiger charge is 2.28. The number of aryl methyl sites for hydroxylation is 2. The molecule has 1 saturated heterocycles. The van der Waals surface area contributed by atoms with Crippen LogP contribution in [0.5, 0.6) is 0 Å². The van der Waals surface area contributed by atoms with Crippen molar-refractivity contribution in [3.63, 3.8) is 0 Å². The first kappa shape index (κ1) is 15.7. The van der Waals surface area contributed by atoms with Crippen molar-refractivity contribution in [1.29, 1.82) is 0 Å². The third-order valence-corrected chi connectivity index (χ3v) is 4.83. The van der Waals surface area contributed by atoms with Gasteiger partial charge in [-0.05, 0) is 38.3 Å². The van der Waals surface area contributed by atoms with Gasteiger partial charge in [-0.15, -0.1) is 0 Å². The largest absolute Gasteiger partial charge is 0.342 e. The SMILES string of the molecule is Cc1cnc(C(=O)N2CCCC(c3nc4c(C)cccc4[nH]3)C2)cn1. The third-order valence-electron chi connectivity index (χ3n) is 4.83. The van der Waals surface area contributed by atoms with E-state index in [4.69, 9.17) is 4.98 Å². The molecule has 0 radical (unpaired) electrons. The van der Waals surface area contributed by atoms with Crippen LogP contribution in [0.1, 0.15) is 46.3 Å². The molecule has 1 unspecified atom stereocenters. The van der Waals surface area contributed by atoms with Crippen molar-refractivity contribution in [2.45, 2.75) is 32.6 Å². The number of fused-ring (bicyclic) bond motifs is 1. The topological polar surface area (TPSA) is 74.8 Å². The number of hydrogen-bond acceptors (Lipinski definition) is 4. The molecule has 1 atom stereocenters. The Hall–Kier alpha value is -2.76. The monoisotopic (exact) mass is 335 g/mol. The number of nitrogens with one attached hydrogen (secondary N) is 1. The van der Waals surface area contributed by atoms with Gasteiger partial charge in [0.1, 0.15) is 11.5 Å². The second kappa shape index (κ2) is 6.27. The summed E-state index contributed by atoms with van der Waals surface area (Å²) in [7, 11) is 0. The van der Waals surface area contributed by atoms with Crippen molar-refractivity contribution in [1.82, 2.24) is 24.8 Å². The van der Waals surface area contributed by atoms with E-state index in [0.717, 1.165) is 41.9 Å². The molecule has 0 aliphatic carbocycles. The second-order valence-corrected chi connectivity index (χ2v) is 6.73. The highest BCUT2D eigenvalue weighted by atomic mass is 16.2. The predicted octanol–water partition coefficient (Wildman–Crippen LogP) is 2.99. The van der Waals surface area contributed by atoms with Gasteiger partial charge in [-0.1, -0.05) is 12.1 Å². The van der Waals surface area contributed by atoms with Crippen molar-refractivity contribution in [3.05, 3.63) is 53.4 Å². The summed E-state index contributed by atoms with van der Waals surface area (Å²) in [4.78, 5) is 31.2. The molecule has 6 heteroatoms. The number of amides is 1. The number of aromatic nitrogens is 4. The van der Waals surface area contributed by atoms with Crippen LogP contribution in [0.4, 0.5) is 0 Å². The first-order valence-electron chi connectivity index (χ1n) is 8.65. The normalized spacial score (nSPS) is 17.8. The van der Waals surface area contributed by atoms with E-state index in [-0.39, 0.29) is 11.8 Å². The molecule has 6 nitrogen and oxygen atoms in total. The average Bonchev–Trinajstić information content (AvgIpc) is 3.08. The number of rotatable bonds is 2. The lowest BCUT2D eigenvalue weighted by Crippen LogP contribution is -2.39. The van der Waals surface area contributed by atoms with Gasteiger partial charge in [-0.3, -0.25) is 9.78 Å². The molecule has 3 heterocycles. The average molecular weight is 335 g/mol. The number of carbonyl (C=O) groups is 1. The molecule has 3 aromatic rings. The van der Waals surface area contributed by atoms with E-state index in [9.17, 15) is 4.79 Å². The first-order valence-corrected chi connectivity index (χ1v) is 8.65. The molecule has 1 amide bonds. The minimum atomic E-state index is -0.0514. The molecule has 4 rings (SSSR count). The number of aromatic amines is 1. The van der Waals surface area contributed by atoms with Crippen LogP contribution < -0.4 is 0 Å². The lowest BCUT2D eigenvalue weighted by atomic mass is 9.97. The van der Waals surface area contributed by atoms with Crippen LogP contribution in [-0.2, 0) is 0 Å². The summed E-state index contributed by atoms with van der Waals surface area (Å²) in [6.07, 6.45) is 5.19. The maximum absolute atomic E-state index is 12.7. The van der Waals surface area contributed by atoms with Crippen molar-refractivity contribution in [2.75, 3.05) is 13.1 Å². The number of H-pyrrole nitrogens is 1. The fourth-order valence-electron chi connectivity index (χ4n) is 3.44. The van der Waals surface area contributed by atoms with Crippen molar-refractivity contribution in [3.8, 4) is 0 Å². The Labute approximate surface area is 146 Å². The van der Waals surface area contributed by atoms with Crippen molar-refractivity contribution >= 4 is 16.9 Å². The quantitative estimate of drug-likeness (QED) is 0.781. The summed E-state index contributed by atoms with van der Waals surface area (Å²) in [5.74, 6) is 1.14. The number of likely N-dealkylation sites (tertiary alicyclic amines) is 1. The van der Waals surface area contributed by atoms with Crippen LogP contribution in [0.2, 0.25) is 0 Å². The molecule has 1 N–H and O–H groups in total. The summed E-state index contributed by atoms with van der Waals surface area (Å²) in [6, 6.07) is 6.15. The van der Waals surface area contributed by atoms with E-state index in [1.165, 1.54) is 5.56 Å². The second-order valence-electron chi connectivity index (χ2n) is 6.73. The molecule has 0 spiro atoms. The summed E-state index contributed by atoms with van der Waals surface area (Å²) in [5.41, 5.74) is 4.46. The molecule has 0 bridgehead atoms. The summed E-state index contributed by atoms with van der Waals surface area (Å²) < 4.78 is 0. The van der Waals surface area contributed by atoms with E-state index in [2.05, 4.69) is 27.9 Å². The lowest BCUT2D eigenvalue weighted by Gasteiger charge is -2.31. The zero-order chi connectivity index (χ0) is 17.4. The highest BCUT2D eigenvalue weighted by Crippen LogP contribution is 2.28.